The lowest BCUT2D eigenvalue weighted by molar-refractivity contribution is 0.0468. The maximum Gasteiger partial charge on any atom is 0.339 e. The molecule has 0 saturated heterocycles. The first kappa shape index (κ1) is 19.4. The topological polar surface area (TPSA) is 73.6 Å². The van der Waals surface area contributed by atoms with Gasteiger partial charge < -0.3 is 4.74 Å². The van der Waals surface area contributed by atoms with Crippen LogP contribution in [0.3, 0.4) is 0 Å². The molecule has 0 unspecified atom stereocenters. The number of nitrogens with zero attached hydrogens (tertiary/aromatic N) is 3. The Morgan fingerprint density at radius 3 is 2.71 bits per heavy atom. The summed E-state index contributed by atoms with van der Waals surface area (Å²) in [6.07, 6.45) is 5.57. The van der Waals surface area contributed by atoms with E-state index in [4.69, 9.17) is 9.72 Å². The van der Waals surface area contributed by atoms with Crippen molar-refractivity contribution in [2.24, 2.45) is 0 Å². The summed E-state index contributed by atoms with van der Waals surface area (Å²) in [5.41, 5.74) is 6.23. The highest BCUT2D eigenvalue weighted by Crippen LogP contribution is 2.30. The molecule has 156 valence electrons. The number of benzene rings is 1. The molecule has 0 fully saturated rings. The van der Waals surface area contributed by atoms with Crippen molar-refractivity contribution in [3.63, 3.8) is 0 Å². The quantitative estimate of drug-likeness (QED) is 0.473. The van der Waals surface area contributed by atoms with E-state index in [-0.39, 0.29) is 18.1 Å². The van der Waals surface area contributed by atoms with Crippen molar-refractivity contribution in [1.82, 2.24) is 14.4 Å². The highest BCUT2D eigenvalue weighted by molar-refractivity contribution is 6.05. The Bertz CT molecular complexity index is 1410. The van der Waals surface area contributed by atoms with Gasteiger partial charge in [-0.1, -0.05) is 17.7 Å². The number of rotatable bonds is 3. The number of esters is 1. The van der Waals surface area contributed by atoms with Gasteiger partial charge in [0.05, 0.1) is 16.8 Å². The maximum atomic E-state index is 13.2. The lowest BCUT2D eigenvalue weighted by atomic mass is 9.89. The van der Waals surface area contributed by atoms with Gasteiger partial charge in [0.25, 0.3) is 5.56 Å². The van der Waals surface area contributed by atoms with E-state index in [2.05, 4.69) is 4.98 Å². The summed E-state index contributed by atoms with van der Waals surface area (Å²) in [5, 5.41) is 0.827. The zero-order chi connectivity index (χ0) is 21.5. The van der Waals surface area contributed by atoms with Crippen molar-refractivity contribution >= 4 is 22.5 Å². The van der Waals surface area contributed by atoms with Crippen molar-refractivity contribution in [2.75, 3.05) is 0 Å². The van der Waals surface area contributed by atoms with E-state index in [1.165, 1.54) is 10.5 Å². The van der Waals surface area contributed by atoms with E-state index < -0.39 is 0 Å². The largest absolute Gasteiger partial charge is 0.456 e. The minimum atomic E-state index is -0.387. The summed E-state index contributed by atoms with van der Waals surface area (Å²) in [7, 11) is 0. The number of carbonyl (C=O) groups is 1. The van der Waals surface area contributed by atoms with Crippen LogP contribution in [-0.4, -0.2) is 20.3 Å². The Kier molecular flexibility index (Phi) is 4.77. The van der Waals surface area contributed by atoms with Crippen LogP contribution < -0.4 is 5.56 Å². The van der Waals surface area contributed by atoms with Gasteiger partial charge in [-0.25, -0.2) is 9.78 Å². The fourth-order valence-corrected chi connectivity index (χ4v) is 4.31. The Hall–Kier alpha value is -3.54. The third-order valence-electron chi connectivity index (χ3n) is 5.83. The molecule has 0 atom stereocenters. The highest BCUT2D eigenvalue weighted by Gasteiger charge is 2.24. The highest BCUT2D eigenvalue weighted by atomic mass is 16.5. The summed E-state index contributed by atoms with van der Waals surface area (Å²) in [6, 6.07) is 11.1. The number of aromatic nitrogens is 3. The minimum absolute atomic E-state index is 0.0527. The molecule has 0 N–H and O–H groups in total. The smallest absolute Gasteiger partial charge is 0.339 e. The van der Waals surface area contributed by atoms with Crippen LogP contribution in [0.1, 0.15) is 51.3 Å². The summed E-state index contributed by atoms with van der Waals surface area (Å²) in [5.74, 6) is -0.387. The second kappa shape index (κ2) is 7.61. The Balaban J connectivity index is 1.51. The number of hydrogen-bond donors (Lipinski definition) is 0. The van der Waals surface area contributed by atoms with E-state index >= 15 is 0 Å². The molecule has 3 heterocycles. The summed E-state index contributed by atoms with van der Waals surface area (Å²) < 4.78 is 7.17. The molecule has 6 nitrogen and oxygen atoms in total. The first-order valence-corrected chi connectivity index (χ1v) is 10.6. The zero-order valence-electron chi connectivity index (χ0n) is 17.6. The molecular formula is C25H23N3O3. The molecule has 31 heavy (non-hydrogen) atoms. The lowest BCUT2D eigenvalue weighted by Gasteiger charge is -2.20. The van der Waals surface area contributed by atoms with E-state index in [1.807, 2.05) is 38.1 Å². The average molecular weight is 413 g/mol. The number of hydrogen-bond acceptors (Lipinski definition) is 5. The molecule has 1 aliphatic rings. The second-order valence-corrected chi connectivity index (χ2v) is 8.24. The number of aryl methyl sites for hydroxylation is 3. The molecular weight excluding hydrogens is 390 g/mol. The predicted octanol–water partition coefficient (Wildman–Crippen LogP) is 4.10. The van der Waals surface area contributed by atoms with Gasteiger partial charge in [0.15, 0.2) is 0 Å². The average Bonchev–Trinajstić information content (AvgIpc) is 2.76. The third kappa shape index (κ3) is 3.58. The molecule has 1 aliphatic carbocycles. The lowest BCUT2D eigenvalue weighted by Crippen LogP contribution is -2.18. The zero-order valence-corrected chi connectivity index (χ0v) is 17.6. The number of pyridine rings is 2. The fraction of sp³-hybridized carbons (Fsp3) is 0.280. The molecule has 1 aromatic carbocycles. The molecule has 4 aromatic rings. The first-order valence-electron chi connectivity index (χ1n) is 10.6. The molecule has 0 spiro atoms. The molecule has 3 aromatic heterocycles. The maximum absolute atomic E-state index is 13.2. The standard InChI is InChI=1S/C25H23N3O3/c1-15-7-9-21-19(11-15)24(18-5-3-4-6-20(18)27-21)25(30)31-14-17-12-23(29)28-13-16(2)8-10-22(28)26-17/h7-13H,3-6,14H2,1-2H3. The Morgan fingerprint density at radius 2 is 1.84 bits per heavy atom. The van der Waals surface area contributed by atoms with Gasteiger partial charge >= 0.3 is 5.97 Å². The van der Waals surface area contributed by atoms with Gasteiger partial charge in [-0.15, -0.1) is 0 Å². The number of ether oxygens (including phenoxy) is 1. The summed E-state index contributed by atoms with van der Waals surface area (Å²) in [4.78, 5) is 35.0. The van der Waals surface area contributed by atoms with Crippen molar-refractivity contribution in [2.45, 2.75) is 46.1 Å². The van der Waals surface area contributed by atoms with Crippen LogP contribution >= 0.6 is 0 Å². The van der Waals surface area contributed by atoms with Gasteiger partial charge in [0.1, 0.15) is 12.3 Å². The van der Waals surface area contributed by atoms with Crippen LogP contribution in [0, 0.1) is 13.8 Å². The van der Waals surface area contributed by atoms with Crippen molar-refractivity contribution < 1.29 is 9.53 Å². The van der Waals surface area contributed by atoms with Crippen molar-refractivity contribution in [3.05, 3.63) is 86.6 Å². The SMILES string of the molecule is Cc1ccc2nc3c(c(C(=O)OCc4cc(=O)n5cc(C)ccc5n4)c2c1)CCCC3. The number of carbonyl (C=O) groups excluding carboxylic acids is 1. The van der Waals surface area contributed by atoms with Crippen LogP contribution in [0.5, 0.6) is 0 Å². The molecule has 0 amide bonds. The second-order valence-electron chi connectivity index (χ2n) is 8.24. The van der Waals surface area contributed by atoms with Gasteiger partial charge in [0, 0.05) is 23.3 Å². The van der Waals surface area contributed by atoms with E-state index in [0.717, 1.165) is 59.0 Å². The molecule has 0 radical (unpaired) electrons. The van der Waals surface area contributed by atoms with Gasteiger partial charge in [-0.3, -0.25) is 14.2 Å². The Morgan fingerprint density at radius 1 is 1.03 bits per heavy atom. The van der Waals surface area contributed by atoms with Crippen LogP contribution in [0.4, 0.5) is 0 Å². The van der Waals surface area contributed by atoms with Crippen LogP contribution in [-0.2, 0) is 24.2 Å². The summed E-state index contributed by atoms with van der Waals surface area (Å²) in [6.45, 7) is 3.87. The normalized spacial score (nSPS) is 13.4. The van der Waals surface area contributed by atoms with E-state index in [0.29, 0.717) is 16.9 Å². The van der Waals surface area contributed by atoms with Crippen molar-refractivity contribution in [3.8, 4) is 0 Å². The Labute approximate surface area is 179 Å². The number of fused-ring (bicyclic) bond motifs is 3. The molecule has 0 saturated carbocycles. The third-order valence-corrected chi connectivity index (χ3v) is 5.83. The fourth-order valence-electron chi connectivity index (χ4n) is 4.31. The van der Waals surface area contributed by atoms with Crippen molar-refractivity contribution in [1.29, 1.82) is 0 Å². The first-order chi connectivity index (χ1) is 15.0. The van der Waals surface area contributed by atoms with Gasteiger partial charge in [0.2, 0.25) is 0 Å². The molecule has 0 bridgehead atoms. The van der Waals surface area contributed by atoms with E-state index in [9.17, 15) is 9.59 Å². The van der Waals surface area contributed by atoms with Gasteiger partial charge in [-0.05, 0) is 68.9 Å². The van der Waals surface area contributed by atoms with Gasteiger partial charge in [-0.2, -0.15) is 0 Å². The predicted molar refractivity (Wildman–Crippen MR) is 118 cm³/mol. The molecule has 6 heteroatoms. The van der Waals surface area contributed by atoms with E-state index in [1.54, 1.807) is 12.3 Å². The minimum Gasteiger partial charge on any atom is -0.456 e. The van der Waals surface area contributed by atoms with Crippen LogP contribution in [0.15, 0.2) is 47.4 Å². The molecule has 5 rings (SSSR count). The molecule has 0 aliphatic heterocycles. The summed E-state index contributed by atoms with van der Waals surface area (Å²) >= 11 is 0. The van der Waals surface area contributed by atoms with Crippen LogP contribution in [0.25, 0.3) is 16.6 Å². The van der Waals surface area contributed by atoms with Crippen LogP contribution in [0.2, 0.25) is 0 Å². The monoisotopic (exact) mass is 413 g/mol.